The van der Waals surface area contributed by atoms with Crippen LogP contribution in [0, 0.1) is 0 Å². The van der Waals surface area contributed by atoms with Crippen LogP contribution >= 0.6 is 27.7 Å². The van der Waals surface area contributed by atoms with Crippen molar-refractivity contribution in [2.24, 2.45) is 0 Å². The molecule has 1 N–H and O–H groups in total. The second-order valence-corrected chi connectivity index (χ2v) is 10.4. The van der Waals surface area contributed by atoms with Crippen LogP contribution in [0.5, 0.6) is 0 Å². The number of thioether (sulfide) groups is 1. The molecule has 2 aromatic rings. The molecule has 0 heterocycles. The molecule has 2 aromatic carbocycles. The third kappa shape index (κ3) is 8.52. The Hall–Kier alpha value is -1.79. The monoisotopic (exact) mass is 490 g/mol. The van der Waals surface area contributed by atoms with Crippen LogP contribution in [0.2, 0.25) is 0 Å². The van der Waals surface area contributed by atoms with E-state index in [1.807, 2.05) is 63.2 Å². The Kier molecular flexibility index (Phi) is 9.43. The highest BCUT2D eigenvalue weighted by Gasteiger charge is 2.28. The van der Waals surface area contributed by atoms with Crippen molar-refractivity contribution in [3.05, 3.63) is 70.2 Å². The summed E-state index contributed by atoms with van der Waals surface area (Å²) in [5.74, 6) is 1.46. The largest absolute Gasteiger partial charge is 0.350 e. The molecule has 1 atom stereocenters. The van der Waals surface area contributed by atoms with Crippen LogP contribution in [0.15, 0.2) is 59.1 Å². The van der Waals surface area contributed by atoms with Gasteiger partial charge in [-0.1, -0.05) is 58.4 Å². The van der Waals surface area contributed by atoms with Gasteiger partial charge in [-0.25, -0.2) is 0 Å². The summed E-state index contributed by atoms with van der Waals surface area (Å²) in [5.41, 5.74) is 1.90. The summed E-state index contributed by atoms with van der Waals surface area (Å²) in [6.45, 7) is 8.04. The van der Waals surface area contributed by atoms with Gasteiger partial charge in [-0.3, -0.25) is 9.59 Å². The minimum atomic E-state index is -0.542. The molecule has 162 valence electrons. The van der Waals surface area contributed by atoms with Crippen LogP contribution in [0.3, 0.4) is 0 Å². The van der Waals surface area contributed by atoms with Crippen LogP contribution in [0.1, 0.15) is 45.2 Å². The first-order valence-corrected chi connectivity index (χ1v) is 12.1. The zero-order chi connectivity index (χ0) is 22.1. The molecular weight excluding hydrogens is 460 g/mol. The van der Waals surface area contributed by atoms with E-state index < -0.39 is 6.04 Å². The van der Waals surface area contributed by atoms with Crippen molar-refractivity contribution in [1.29, 1.82) is 0 Å². The number of benzene rings is 2. The highest BCUT2D eigenvalue weighted by atomic mass is 79.9. The Morgan fingerprint density at radius 2 is 1.67 bits per heavy atom. The highest BCUT2D eigenvalue weighted by Crippen LogP contribution is 2.18. The number of rotatable bonds is 9. The molecule has 0 radical (unpaired) electrons. The maximum atomic E-state index is 13.1. The van der Waals surface area contributed by atoms with Crippen molar-refractivity contribution in [3.63, 3.8) is 0 Å². The highest BCUT2D eigenvalue weighted by molar-refractivity contribution is 9.10. The van der Waals surface area contributed by atoms with E-state index in [4.69, 9.17) is 0 Å². The number of carbonyl (C=O) groups is 2. The van der Waals surface area contributed by atoms with Crippen molar-refractivity contribution in [1.82, 2.24) is 10.2 Å². The minimum Gasteiger partial charge on any atom is -0.350 e. The van der Waals surface area contributed by atoms with E-state index in [2.05, 4.69) is 33.4 Å². The zero-order valence-corrected chi connectivity index (χ0v) is 20.6. The van der Waals surface area contributed by atoms with Crippen LogP contribution in [0.25, 0.3) is 0 Å². The lowest BCUT2D eigenvalue weighted by Crippen LogP contribution is -2.52. The van der Waals surface area contributed by atoms with Crippen LogP contribution in [-0.2, 0) is 21.9 Å². The second kappa shape index (κ2) is 11.6. The van der Waals surface area contributed by atoms with E-state index in [-0.39, 0.29) is 17.4 Å². The number of hydrogen-bond acceptors (Lipinski definition) is 3. The number of nitrogens with zero attached hydrogens (tertiary/aromatic N) is 1. The molecule has 0 aliphatic carbocycles. The number of nitrogens with one attached hydrogen (secondary N) is 1. The number of carbonyl (C=O) groups excluding carboxylic acids is 2. The lowest BCUT2D eigenvalue weighted by atomic mass is 10.1. The number of halogens is 1. The van der Waals surface area contributed by atoms with Crippen molar-refractivity contribution < 1.29 is 9.59 Å². The van der Waals surface area contributed by atoms with E-state index in [1.165, 1.54) is 5.56 Å². The summed E-state index contributed by atoms with van der Waals surface area (Å²) in [6, 6.07) is 17.5. The summed E-state index contributed by atoms with van der Waals surface area (Å²) in [7, 11) is 0. The molecule has 0 saturated heterocycles. The third-order valence-electron chi connectivity index (χ3n) is 4.50. The number of hydrogen-bond donors (Lipinski definition) is 1. The lowest BCUT2D eigenvalue weighted by Gasteiger charge is -2.31. The normalized spacial score (nSPS) is 12.3. The zero-order valence-electron chi connectivity index (χ0n) is 18.2. The summed E-state index contributed by atoms with van der Waals surface area (Å²) >= 11 is 5.18. The molecule has 6 heteroatoms. The molecule has 0 fully saturated rings. The molecule has 0 aliphatic rings. The average Bonchev–Trinajstić information content (AvgIpc) is 2.69. The molecule has 0 aliphatic heterocycles. The van der Waals surface area contributed by atoms with Crippen LogP contribution < -0.4 is 5.32 Å². The molecular formula is C24H31BrN2O2S. The van der Waals surface area contributed by atoms with Gasteiger partial charge in [-0.2, -0.15) is 11.8 Å². The Balaban J connectivity index is 2.02. The van der Waals surface area contributed by atoms with Gasteiger partial charge in [0.25, 0.3) is 0 Å². The summed E-state index contributed by atoms with van der Waals surface area (Å²) in [6.07, 6.45) is 0.404. The average molecular weight is 491 g/mol. The summed E-state index contributed by atoms with van der Waals surface area (Å²) in [4.78, 5) is 27.5. The quantitative estimate of drug-likeness (QED) is 0.478. The van der Waals surface area contributed by atoms with Gasteiger partial charge in [0.2, 0.25) is 11.8 Å². The van der Waals surface area contributed by atoms with E-state index in [1.54, 1.807) is 23.6 Å². The molecule has 0 unspecified atom stereocenters. The predicted molar refractivity (Wildman–Crippen MR) is 129 cm³/mol. The standard InChI is InChI=1S/C24H31BrN2O2S/c1-18(23(29)26-24(2,3)4)27(16-19-10-12-21(25)13-11-19)22(28)14-15-30-17-20-8-6-5-7-9-20/h5-13,18H,14-17H2,1-4H3,(H,26,29)/t18-/m1/s1. The Morgan fingerprint density at radius 1 is 1.03 bits per heavy atom. The summed E-state index contributed by atoms with van der Waals surface area (Å²) < 4.78 is 0.986. The molecule has 2 rings (SSSR count). The van der Waals surface area contributed by atoms with E-state index in [0.717, 1.165) is 21.5 Å². The van der Waals surface area contributed by atoms with Gasteiger partial charge in [-0.05, 0) is 51.0 Å². The van der Waals surface area contributed by atoms with E-state index in [0.29, 0.717) is 13.0 Å². The molecule has 0 bridgehead atoms. The van der Waals surface area contributed by atoms with Crippen molar-refractivity contribution in [2.45, 2.75) is 58.0 Å². The van der Waals surface area contributed by atoms with Crippen molar-refractivity contribution >= 4 is 39.5 Å². The maximum Gasteiger partial charge on any atom is 0.242 e. The summed E-state index contributed by atoms with van der Waals surface area (Å²) in [5, 5.41) is 2.99. The van der Waals surface area contributed by atoms with Gasteiger partial charge >= 0.3 is 0 Å². The predicted octanol–water partition coefficient (Wildman–Crippen LogP) is 5.40. The lowest BCUT2D eigenvalue weighted by molar-refractivity contribution is -0.140. The third-order valence-corrected chi connectivity index (χ3v) is 6.06. The van der Waals surface area contributed by atoms with Crippen LogP contribution in [-0.4, -0.2) is 34.0 Å². The van der Waals surface area contributed by atoms with Crippen molar-refractivity contribution in [2.75, 3.05) is 5.75 Å². The van der Waals surface area contributed by atoms with E-state index >= 15 is 0 Å². The first-order valence-electron chi connectivity index (χ1n) is 10.1. The van der Waals surface area contributed by atoms with Gasteiger partial charge in [0.15, 0.2) is 0 Å². The Labute approximate surface area is 192 Å². The van der Waals surface area contributed by atoms with Gasteiger partial charge in [0.05, 0.1) is 0 Å². The van der Waals surface area contributed by atoms with Gasteiger partial charge in [0, 0.05) is 34.5 Å². The Bertz CT molecular complexity index is 819. The Morgan fingerprint density at radius 3 is 2.27 bits per heavy atom. The first-order chi connectivity index (χ1) is 14.2. The van der Waals surface area contributed by atoms with Gasteiger partial charge in [0.1, 0.15) is 6.04 Å². The van der Waals surface area contributed by atoms with Gasteiger partial charge < -0.3 is 10.2 Å². The molecule has 0 aromatic heterocycles. The minimum absolute atomic E-state index is 0.00459. The molecule has 30 heavy (non-hydrogen) atoms. The fourth-order valence-corrected chi connectivity index (χ4v) is 4.07. The smallest absolute Gasteiger partial charge is 0.242 e. The molecule has 0 spiro atoms. The molecule has 4 nitrogen and oxygen atoms in total. The second-order valence-electron chi connectivity index (χ2n) is 8.35. The fourth-order valence-electron chi connectivity index (χ4n) is 2.91. The van der Waals surface area contributed by atoms with Crippen LogP contribution in [0.4, 0.5) is 0 Å². The van der Waals surface area contributed by atoms with Gasteiger partial charge in [-0.15, -0.1) is 0 Å². The fraction of sp³-hybridized carbons (Fsp3) is 0.417. The SMILES string of the molecule is C[C@H](C(=O)NC(C)(C)C)N(Cc1ccc(Br)cc1)C(=O)CCSCc1ccccc1. The maximum absolute atomic E-state index is 13.1. The molecule has 2 amide bonds. The topological polar surface area (TPSA) is 49.4 Å². The van der Waals surface area contributed by atoms with Crippen molar-refractivity contribution in [3.8, 4) is 0 Å². The van der Waals surface area contributed by atoms with E-state index in [9.17, 15) is 9.59 Å². The molecule has 0 saturated carbocycles. The first kappa shape index (κ1) is 24.5. The number of amides is 2.